The molecule has 0 spiro atoms. The summed E-state index contributed by atoms with van der Waals surface area (Å²) in [6, 6.07) is 9.62. The van der Waals surface area contributed by atoms with Gasteiger partial charge in [0, 0.05) is 30.7 Å². The molecule has 0 saturated carbocycles. The molecule has 0 fully saturated rings. The lowest BCUT2D eigenvalue weighted by molar-refractivity contribution is 0.353. The second-order valence-electron chi connectivity index (χ2n) is 4.33. The largest absolute Gasteiger partial charge is 0.366 e. The Morgan fingerprint density at radius 2 is 1.84 bits per heavy atom. The zero-order valence-electron chi connectivity index (χ0n) is 10.4. The lowest BCUT2D eigenvalue weighted by Gasteiger charge is -2.24. The molecule has 1 atom stereocenters. The van der Waals surface area contributed by atoms with E-state index in [1.54, 1.807) is 12.4 Å². The topological polar surface area (TPSA) is 41.1 Å². The molecule has 0 aliphatic carbocycles. The zero-order valence-corrected chi connectivity index (χ0v) is 11.2. The molecule has 1 aromatic heterocycles. The Balaban J connectivity index is 1.85. The van der Waals surface area contributed by atoms with Crippen LogP contribution in [0.4, 0.5) is 0 Å². The van der Waals surface area contributed by atoms with Gasteiger partial charge in [-0.3, -0.25) is 0 Å². The molecule has 0 amide bonds. The van der Waals surface area contributed by atoms with Gasteiger partial charge in [-0.2, -0.15) is 0 Å². The van der Waals surface area contributed by atoms with E-state index >= 15 is 0 Å². The average Bonchev–Trinajstić information content (AvgIpc) is 2.83. The van der Waals surface area contributed by atoms with Crippen LogP contribution in [0.15, 0.2) is 48.9 Å². The fraction of sp³-hybridized carbons (Fsp3) is 0.143. The van der Waals surface area contributed by atoms with E-state index in [0.29, 0.717) is 5.82 Å². The molecule has 1 N–H and O–H groups in total. The Morgan fingerprint density at radius 3 is 2.53 bits per heavy atom. The van der Waals surface area contributed by atoms with Crippen molar-refractivity contribution in [3.63, 3.8) is 0 Å². The van der Waals surface area contributed by atoms with E-state index in [1.807, 2.05) is 43.6 Å². The number of nitrogens with zero attached hydrogens (tertiary/aromatic N) is 3. The molecule has 0 radical (unpaired) electrons. The Hall–Kier alpha value is -2.07. The van der Waals surface area contributed by atoms with Crippen LogP contribution in [0.2, 0.25) is 5.02 Å². The van der Waals surface area contributed by atoms with Crippen LogP contribution in [0.5, 0.6) is 0 Å². The van der Waals surface area contributed by atoms with Crippen LogP contribution < -0.4 is 5.32 Å². The van der Waals surface area contributed by atoms with Gasteiger partial charge in [0.2, 0.25) is 0 Å². The summed E-state index contributed by atoms with van der Waals surface area (Å²) in [5.74, 6) is 0.717. The molecule has 2 heterocycles. The number of hydrogen-bond donors (Lipinski definition) is 1. The number of hydrogen-bond acceptors (Lipinski definition) is 4. The van der Waals surface area contributed by atoms with Crippen LogP contribution in [-0.2, 0) is 0 Å². The fourth-order valence-corrected chi connectivity index (χ4v) is 2.26. The number of rotatable bonds is 2. The minimum atomic E-state index is 0.0797. The molecule has 1 aliphatic rings. The molecule has 19 heavy (non-hydrogen) atoms. The van der Waals surface area contributed by atoms with Crippen molar-refractivity contribution in [2.75, 3.05) is 7.05 Å². The van der Waals surface area contributed by atoms with Gasteiger partial charge in [-0.05, 0) is 23.8 Å². The number of benzene rings is 1. The summed E-state index contributed by atoms with van der Waals surface area (Å²) in [4.78, 5) is 10.7. The minimum Gasteiger partial charge on any atom is -0.366 e. The first kappa shape index (κ1) is 12.0. The molecular weight excluding hydrogens is 260 g/mol. The van der Waals surface area contributed by atoms with Gasteiger partial charge in [0.1, 0.15) is 6.17 Å². The van der Waals surface area contributed by atoms with Gasteiger partial charge in [0.05, 0.1) is 5.70 Å². The number of aromatic nitrogens is 2. The third kappa shape index (κ3) is 2.27. The van der Waals surface area contributed by atoms with Gasteiger partial charge in [-0.15, -0.1) is 0 Å². The Labute approximate surface area is 116 Å². The third-order valence-electron chi connectivity index (χ3n) is 3.13. The first-order valence-electron chi connectivity index (χ1n) is 5.97. The zero-order chi connectivity index (χ0) is 13.2. The maximum absolute atomic E-state index is 5.91. The summed E-state index contributed by atoms with van der Waals surface area (Å²) in [5.41, 5.74) is 2.12. The molecule has 0 bridgehead atoms. The SMILES string of the molecule is CN1C(c2ncccn2)=CNC1c1ccc(Cl)cc1. The second kappa shape index (κ2) is 4.90. The predicted octanol–water partition coefficient (Wildman–Crippen LogP) is 2.66. The molecule has 96 valence electrons. The van der Waals surface area contributed by atoms with Crippen molar-refractivity contribution in [1.29, 1.82) is 0 Å². The van der Waals surface area contributed by atoms with Gasteiger partial charge in [0.15, 0.2) is 5.82 Å². The molecule has 3 rings (SSSR count). The van der Waals surface area contributed by atoms with Gasteiger partial charge in [0.25, 0.3) is 0 Å². The first-order chi connectivity index (χ1) is 9.25. The molecule has 1 aliphatic heterocycles. The van der Waals surface area contributed by atoms with Crippen LogP contribution in [0.25, 0.3) is 5.70 Å². The van der Waals surface area contributed by atoms with E-state index in [0.717, 1.165) is 16.3 Å². The van der Waals surface area contributed by atoms with Crippen molar-refractivity contribution in [3.8, 4) is 0 Å². The number of nitrogens with one attached hydrogen (secondary N) is 1. The lowest BCUT2D eigenvalue weighted by Crippen LogP contribution is -2.25. The van der Waals surface area contributed by atoms with E-state index in [2.05, 4.69) is 20.2 Å². The van der Waals surface area contributed by atoms with Crippen molar-refractivity contribution in [2.45, 2.75) is 6.17 Å². The highest BCUT2D eigenvalue weighted by atomic mass is 35.5. The molecular formula is C14H13ClN4. The maximum atomic E-state index is 5.91. The molecule has 0 saturated heterocycles. The minimum absolute atomic E-state index is 0.0797. The highest BCUT2D eigenvalue weighted by molar-refractivity contribution is 6.30. The van der Waals surface area contributed by atoms with Gasteiger partial charge >= 0.3 is 0 Å². The van der Waals surface area contributed by atoms with Gasteiger partial charge in [-0.25, -0.2) is 9.97 Å². The molecule has 4 nitrogen and oxygen atoms in total. The molecule has 1 aromatic carbocycles. The first-order valence-corrected chi connectivity index (χ1v) is 6.35. The summed E-state index contributed by atoms with van der Waals surface area (Å²) in [6.45, 7) is 0. The smallest absolute Gasteiger partial charge is 0.177 e. The third-order valence-corrected chi connectivity index (χ3v) is 3.38. The fourth-order valence-electron chi connectivity index (χ4n) is 2.13. The van der Waals surface area contributed by atoms with Gasteiger partial charge in [-0.1, -0.05) is 23.7 Å². The van der Waals surface area contributed by atoms with Crippen LogP contribution in [0.3, 0.4) is 0 Å². The van der Waals surface area contributed by atoms with Gasteiger partial charge < -0.3 is 10.2 Å². The highest BCUT2D eigenvalue weighted by Gasteiger charge is 2.25. The van der Waals surface area contributed by atoms with E-state index in [1.165, 1.54) is 0 Å². The Kier molecular flexibility index (Phi) is 3.09. The maximum Gasteiger partial charge on any atom is 0.177 e. The standard InChI is InChI=1S/C14H13ClN4/c1-19-12(13-16-7-2-8-17-13)9-18-14(19)10-3-5-11(15)6-4-10/h2-9,14,18H,1H3. The Morgan fingerprint density at radius 1 is 1.16 bits per heavy atom. The van der Waals surface area contributed by atoms with Crippen molar-refractivity contribution < 1.29 is 0 Å². The van der Waals surface area contributed by atoms with Crippen molar-refractivity contribution in [3.05, 3.63) is 65.3 Å². The summed E-state index contributed by atoms with van der Waals surface area (Å²) >= 11 is 5.91. The van der Waals surface area contributed by atoms with Crippen LogP contribution >= 0.6 is 11.6 Å². The summed E-state index contributed by atoms with van der Waals surface area (Å²) in [5, 5.41) is 4.07. The van der Waals surface area contributed by atoms with Crippen LogP contribution in [0, 0.1) is 0 Å². The van der Waals surface area contributed by atoms with E-state index < -0.39 is 0 Å². The molecule has 2 aromatic rings. The van der Waals surface area contributed by atoms with E-state index in [9.17, 15) is 0 Å². The average molecular weight is 273 g/mol. The van der Waals surface area contributed by atoms with Crippen molar-refractivity contribution in [2.24, 2.45) is 0 Å². The monoisotopic (exact) mass is 272 g/mol. The normalized spacial score (nSPS) is 18.1. The second-order valence-corrected chi connectivity index (χ2v) is 4.77. The molecule has 1 unspecified atom stereocenters. The summed E-state index contributed by atoms with van der Waals surface area (Å²) in [7, 11) is 2.02. The predicted molar refractivity (Wildman–Crippen MR) is 75.1 cm³/mol. The molecule has 5 heteroatoms. The summed E-state index contributed by atoms with van der Waals surface area (Å²) in [6.07, 6.45) is 5.50. The lowest BCUT2D eigenvalue weighted by atomic mass is 10.1. The highest BCUT2D eigenvalue weighted by Crippen LogP contribution is 2.29. The summed E-state index contributed by atoms with van der Waals surface area (Å²) < 4.78 is 0. The van der Waals surface area contributed by atoms with E-state index in [-0.39, 0.29) is 6.17 Å². The van der Waals surface area contributed by atoms with Crippen LogP contribution in [-0.4, -0.2) is 21.9 Å². The Bertz CT molecular complexity index is 595. The quantitative estimate of drug-likeness (QED) is 0.913. The van der Waals surface area contributed by atoms with Crippen LogP contribution in [0.1, 0.15) is 17.6 Å². The van der Waals surface area contributed by atoms with Crippen molar-refractivity contribution in [1.82, 2.24) is 20.2 Å². The number of halogens is 1. The van der Waals surface area contributed by atoms with E-state index in [4.69, 9.17) is 11.6 Å². The van der Waals surface area contributed by atoms with Crippen molar-refractivity contribution >= 4 is 17.3 Å².